The number of hydrogen-bond acceptors (Lipinski definition) is 11. The molecular formula is C50H62ClF3N6O5S3. The van der Waals surface area contributed by atoms with Crippen LogP contribution in [-0.4, -0.2) is 127 Å². The first-order valence-corrected chi connectivity index (χ1v) is 27.4. The second-order valence-electron chi connectivity index (χ2n) is 19.1. The van der Waals surface area contributed by atoms with E-state index in [4.69, 9.17) is 11.6 Å². The molecule has 7 rings (SSSR count). The van der Waals surface area contributed by atoms with Crippen molar-refractivity contribution >= 4 is 66.1 Å². The van der Waals surface area contributed by atoms with E-state index in [1.54, 1.807) is 12.1 Å². The lowest BCUT2D eigenvalue weighted by Crippen LogP contribution is -2.47. The number of hydrogen-bond donors (Lipinski definition) is 2. The molecule has 1 atom stereocenters. The molecule has 68 heavy (non-hydrogen) atoms. The van der Waals surface area contributed by atoms with Gasteiger partial charge in [0.15, 0.2) is 0 Å². The summed E-state index contributed by atoms with van der Waals surface area (Å²) in [7, 11) is -6.80. The number of piperidine rings is 1. The number of amides is 1. The Labute approximate surface area is 409 Å². The highest BCUT2D eigenvalue weighted by atomic mass is 35.5. The van der Waals surface area contributed by atoms with Crippen LogP contribution in [0.15, 0.2) is 117 Å². The van der Waals surface area contributed by atoms with Crippen LogP contribution < -0.4 is 14.9 Å². The molecule has 0 aromatic heterocycles. The van der Waals surface area contributed by atoms with Crippen molar-refractivity contribution in [3.63, 3.8) is 0 Å². The van der Waals surface area contributed by atoms with E-state index in [0.29, 0.717) is 35.8 Å². The molecule has 4 aromatic carbocycles. The highest BCUT2D eigenvalue weighted by Crippen LogP contribution is 2.43. The van der Waals surface area contributed by atoms with Gasteiger partial charge in [0.05, 0.1) is 10.6 Å². The maximum Gasteiger partial charge on any atom is 0.501 e. The summed E-state index contributed by atoms with van der Waals surface area (Å²) >= 11 is 7.67. The number of piperazine rings is 1. The largest absolute Gasteiger partial charge is 0.501 e. The normalized spacial score (nSPS) is 18.5. The van der Waals surface area contributed by atoms with Crippen LogP contribution in [0.4, 0.5) is 24.5 Å². The number of rotatable bonds is 17. The first-order chi connectivity index (χ1) is 32.2. The molecule has 2 saturated heterocycles. The Hall–Kier alpha value is -4.10. The summed E-state index contributed by atoms with van der Waals surface area (Å²) in [5.74, 6) is -0.630. The van der Waals surface area contributed by atoms with Crippen molar-refractivity contribution in [2.24, 2.45) is 5.41 Å². The van der Waals surface area contributed by atoms with Gasteiger partial charge in [-0.2, -0.15) is 13.2 Å². The van der Waals surface area contributed by atoms with Gasteiger partial charge in [-0.1, -0.05) is 61.4 Å². The van der Waals surface area contributed by atoms with Crippen LogP contribution in [0.5, 0.6) is 0 Å². The van der Waals surface area contributed by atoms with E-state index in [2.05, 4.69) is 65.0 Å². The predicted molar refractivity (Wildman–Crippen MR) is 268 cm³/mol. The van der Waals surface area contributed by atoms with Crippen LogP contribution in [0.3, 0.4) is 0 Å². The number of halogens is 4. The summed E-state index contributed by atoms with van der Waals surface area (Å²) in [6.45, 7) is 10.9. The van der Waals surface area contributed by atoms with E-state index < -0.39 is 47.1 Å². The molecule has 18 heteroatoms. The third-order valence-electron chi connectivity index (χ3n) is 13.4. The minimum atomic E-state index is -6.06. The number of likely N-dealkylation sites (tertiary alicyclic amines) is 1. The molecule has 0 radical (unpaired) electrons. The molecule has 2 N–H and O–H groups in total. The van der Waals surface area contributed by atoms with Crippen LogP contribution in [0.1, 0.15) is 68.3 Å². The van der Waals surface area contributed by atoms with Gasteiger partial charge >= 0.3 is 5.51 Å². The van der Waals surface area contributed by atoms with Crippen LogP contribution in [0, 0.1) is 5.41 Å². The molecule has 0 saturated carbocycles. The van der Waals surface area contributed by atoms with Gasteiger partial charge in [-0.25, -0.2) is 21.6 Å². The molecule has 2 heterocycles. The first kappa shape index (κ1) is 51.7. The zero-order chi connectivity index (χ0) is 48.9. The zero-order valence-corrected chi connectivity index (χ0v) is 42.3. The topological polar surface area (TPSA) is 122 Å². The SMILES string of the molecule is CN(C)C1CCN(CCC(CSc2ccccc2)Nc2ccc(S(=O)(=O)NC(=O)c3ccc(N4CCN(CC5=C(c6ccc(Cl)cc6)CCC(C)(C)C5)CC4)cc3)cc2S(=O)(=O)C(F)(F)F)CC1. The zero-order valence-electron chi connectivity index (χ0n) is 39.1. The molecule has 0 bridgehead atoms. The molecule has 3 aliphatic rings. The fourth-order valence-corrected chi connectivity index (χ4v) is 12.5. The number of allylic oxidation sites excluding steroid dienone is 1. The number of anilines is 2. The number of nitrogens with one attached hydrogen (secondary N) is 2. The van der Waals surface area contributed by atoms with Gasteiger partial charge in [-0.15, -0.1) is 11.8 Å². The molecule has 1 aliphatic carbocycles. The molecule has 2 aliphatic heterocycles. The smallest absolute Gasteiger partial charge is 0.380 e. The van der Waals surface area contributed by atoms with Gasteiger partial charge in [0.2, 0.25) is 0 Å². The summed E-state index contributed by atoms with van der Waals surface area (Å²) in [4.78, 5) is 21.4. The van der Waals surface area contributed by atoms with E-state index in [1.807, 2.05) is 47.2 Å². The Morgan fingerprint density at radius 2 is 1.53 bits per heavy atom. The molecule has 11 nitrogen and oxygen atoms in total. The maximum absolute atomic E-state index is 14.3. The second-order valence-corrected chi connectivity index (χ2v) is 24.2. The number of sulfone groups is 1. The Kier molecular flexibility index (Phi) is 16.7. The Morgan fingerprint density at radius 1 is 0.868 bits per heavy atom. The molecule has 4 aromatic rings. The molecule has 2 fully saturated rings. The Balaban J connectivity index is 1.02. The molecule has 1 unspecified atom stereocenters. The van der Waals surface area contributed by atoms with Crippen LogP contribution in [0.2, 0.25) is 5.02 Å². The fraction of sp³-hybridized carbons (Fsp3) is 0.460. The van der Waals surface area contributed by atoms with Crippen molar-refractivity contribution in [1.29, 1.82) is 0 Å². The van der Waals surface area contributed by atoms with Gasteiger partial charge in [-0.3, -0.25) is 9.69 Å². The quantitative estimate of drug-likeness (QED) is 0.0985. The number of carbonyl (C=O) groups excluding carboxylic acids is 1. The summed E-state index contributed by atoms with van der Waals surface area (Å²) < 4.78 is 98.4. The average Bonchev–Trinajstić information content (AvgIpc) is 3.30. The lowest BCUT2D eigenvalue weighted by molar-refractivity contribution is -0.0435. The van der Waals surface area contributed by atoms with Crippen molar-refractivity contribution in [3.8, 4) is 0 Å². The summed E-state index contributed by atoms with van der Waals surface area (Å²) in [5, 5.41) is 3.76. The van der Waals surface area contributed by atoms with Crippen LogP contribution in [0.25, 0.3) is 5.57 Å². The van der Waals surface area contributed by atoms with E-state index in [1.165, 1.54) is 40.6 Å². The maximum atomic E-state index is 14.3. The van der Waals surface area contributed by atoms with Crippen molar-refractivity contribution in [2.45, 2.75) is 84.7 Å². The lowest BCUT2D eigenvalue weighted by Gasteiger charge is -2.39. The third-order valence-corrected chi connectivity index (χ3v) is 17.6. The number of sulfonamides is 1. The van der Waals surface area contributed by atoms with Crippen LogP contribution >= 0.6 is 23.4 Å². The molecular weight excluding hydrogens is 953 g/mol. The Morgan fingerprint density at radius 3 is 2.16 bits per heavy atom. The van der Waals surface area contributed by atoms with Gasteiger partial charge in [0.25, 0.3) is 25.8 Å². The van der Waals surface area contributed by atoms with E-state index in [-0.39, 0.29) is 16.7 Å². The summed E-state index contributed by atoms with van der Waals surface area (Å²) in [6.07, 6.45) is 5.58. The summed E-state index contributed by atoms with van der Waals surface area (Å²) in [5.41, 5.74) is -0.979. The molecule has 1 amide bonds. The highest BCUT2D eigenvalue weighted by molar-refractivity contribution is 7.99. The van der Waals surface area contributed by atoms with Gasteiger partial charge < -0.3 is 20.0 Å². The third kappa shape index (κ3) is 13.2. The minimum absolute atomic E-state index is 0.00339. The van der Waals surface area contributed by atoms with Crippen molar-refractivity contribution in [2.75, 3.05) is 82.4 Å². The minimum Gasteiger partial charge on any atom is -0.380 e. The lowest BCUT2D eigenvalue weighted by atomic mass is 9.73. The van der Waals surface area contributed by atoms with Crippen molar-refractivity contribution in [3.05, 3.63) is 119 Å². The first-order valence-electron chi connectivity index (χ1n) is 23.1. The van der Waals surface area contributed by atoms with E-state index >= 15 is 0 Å². The van der Waals surface area contributed by atoms with E-state index in [9.17, 15) is 34.8 Å². The number of thioether (sulfide) groups is 1. The highest BCUT2D eigenvalue weighted by Gasteiger charge is 2.48. The van der Waals surface area contributed by atoms with Gasteiger partial charge in [0.1, 0.15) is 4.90 Å². The van der Waals surface area contributed by atoms with Crippen molar-refractivity contribution in [1.82, 2.24) is 19.4 Å². The fourth-order valence-electron chi connectivity index (χ4n) is 9.33. The van der Waals surface area contributed by atoms with Crippen LogP contribution in [-0.2, 0) is 19.9 Å². The Bertz CT molecular complexity index is 2620. The molecule has 368 valence electrons. The van der Waals surface area contributed by atoms with Gasteiger partial charge in [-0.05, 0) is 149 Å². The number of nitrogens with zero attached hydrogens (tertiary/aromatic N) is 4. The summed E-state index contributed by atoms with van der Waals surface area (Å²) in [6, 6.07) is 26.4. The molecule has 0 spiro atoms. The number of carbonyl (C=O) groups is 1. The van der Waals surface area contributed by atoms with Crippen molar-refractivity contribution < 1.29 is 34.8 Å². The van der Waals surface area contributed by atoms with E-state index in [0.717, 1.165) is 101 Å². The standard InChI is InChI=1S/C50H62ClF3N6O5S3/c1-49(2)24-20-45(36-10-14-39(51)15-11-36)38(33-49)34-59-28-30-60(31-29-59)42-16-12-37(13-17-42)48(61)56-68(64,65)44-18-19-46(47(32-44)67(62,63)50(52,53)54)55-40(35-66-43-8-6-5-7-9-43)21-25-58-26-22-41(23-27-58)57(3)4/h5-19,32,40-41,55H,20-31,33-35H2,1-4H3,(H,56,61). The monoisotopic (exact) mass is 1010 g/mol. The predicted octanol–water partition coefficient (Wildman–Crippen LogP) is 9.53. The number of benzene rings is 4. The average molecular weight is 1020 g/mol. The van der Waals surface area contributed by atoms with Gasteiger partial charge in [0, 0.05) is 78.3 Å². The number of alkyl halides is 3. The second kappa shape index (κ2) is 21.9.